The zero-order valence-corrected chi connectivity index (χ0v) is 19.2. The standard InChI is InChI=1S/C21H14Cl2N4O5S/c1-12-2-5-16-18(8-12)33-21(25-16)26(24-10-14-4-7-20(32-14)27(29)30)19(28)11-31-17-6-3-13(22)9-15(17)23/h2-10H,11H2,1H3/b24-10+. The minimum absolute atomic E-state index is 0.0955. The Morgan fingerprint density at radius 1 is 1.27 bits per heavy atom. The van der Waals surface area contributed by atoms with E-state index >= 15 is 0 Å². The predicted molar refractivity (Wildman–Crippen MR) is 127 cm³/mol. The fourth-order valence-corrected chi connectivity index (χ4v) is 4.25. The summed E-state index contributed by atoms with van der Waals surface area (Å²) in [6.45, 7) is 1.55. The Bertz CT molecular complexity index is 1380. The molecule has 0 radical (unpaired) electrons. The van der Waals surface area contributed by atoms with Gasteiger partial charge in [-0.05, 0) is 48.9 Å². The van der Waals surface area contributed by atoms with Crippen molar-refractivity contribution in [3.05, 3.63) is 80.0 Å². The molecule has 0 N–H and O–H groups in total. The number of aryl methyl sites for hydroxylation is 1. The van der Waals surface area contributed by atoms with E-state index in [9.17, 15) is 14.9 Å². The van der Waals surface area contributed by atoms with Crippen LogP contribution in [0.2, 0.25) is 10.0 Å². The van der Waals surface area contributed by atoms with Gasteiger partial charge >= 0.3 is 5.88 Å². The molecule has 0 saturated carbocycles. The molecule has 9 nitrogen and oxygen atoms in total. The molecule has 0 aliphatic heterocycles. The van der Waals surface area contributed by atoms with Crippen LogP contribution in [0.15, 0.2) is 58.0 Å². The fourth-order valence-electron chi connectivity index (χ4n) is 2.75. The van der Waals surface area contributed by atoms with Crippen molar-refractivity contribution in [2.45, 2.75) is 6.92 Å². The number of nitro groups is 1. The highest BCUT2D eigenvalue weighted by molar-refractivity contribution is 7.22. The number of furan rings is 1. The van der Waals surface area contributed by atoms with Crippen LogP contribution in [-0.4, -0.2) is 28.6 Å². The second-order valence-electron chi connectivity index (χ2n) is 6.71. The quantitative estimate of drug-likeness (QED) is 0.177. The van der Waals surface area contributed by atoms with Gasteiger partial charge in [0.25, 0.3) is 5.91 Å². The molecule has 0 bridgehead atoms. The van der Waals surface area contributed by atoms with Crippen LogP contribution in [0.25, 0.3) is 10.2 Å². The number of hydrogen-bond donors (Lipinski definition) is 0. The van der Waals surface area contributed by atoms with Gasteiger partial charge in [-0.3, -0.25) is 14.9 Å². The van der Waals surface area contributed by atoms with Crippen molar-refractivity contribution in [1.82, 2.24) is 4.98 Å². The number of hydrogen-bond acceptors (Lipinski definition) is 8. The summed E-state index contributed by atoms with van der Waals surface area (Å²) in [6, 6.07) is 12.9. The third-order valence-corrected chi connectivity index (χ3v) is 5.81. The molecular weight excluding hydrogens is 491 g/mol. The van der Waals surface area contributed by atoms with Gasteiger partial charge < -0.3 is 9.15 Å². The van der Waals surface area contributed by atoms with Gasteiger partial charge in [0.2, 0.25) is 5.13 Å². The number of amides is 1. The minimum Gasteiger partial charge on any atom is -0.482 e. The molecule has 4 rings (SSSR count). The molecule has 0 atom stereocenters. The summed E-state index contributed by atoms with van der Waals surface area (Å²) in [4.78, 5) is 27.7. The average molecular weight is 505 g/mol. The van der Waals surface area contributed by atoms with Crippen molar-refractivity contribution in [2.75, 3.05) is 11.6 Å². The minimum atomic E-state index is -0.667. The molecule has 12 heteroatoms. The van der Waals surface area contributed by atoms with E-state index in [0.29, 0.717) is 15.7 Å². The molecular formula is C21H14Cl2N4O5S. The normalized spacial score (nSPS) is 11.2. The van der Waals surface area contributed by atoms with Gasteiger partial charge in [0.05, 0.1) is 27.5 Å². The van der Waals surface area contributed by atoms with E-state index in [4.69, 9.17) is 32.4 Å². The zero-order chi connectivity index (χ0) is 23.5. The predicted octanol–water partition coefficient (Wildman–Crippen LogP) is 5.86. The Kier molecular flexibility index (Phi) is 6.59. The number of ether oxygens (including phenoxy) is 1. The van der Waals surface area contributed by atoms with Crippen molar-refractivity contribution >= 4 is 67.9 Å². The van der Waals surface area contributed by atoms with E-state index in [0.717, 1.165) is 15.3 Å². The summed E-state index contributed by atoms with van der Waals surface area (Å²) < 4.78 is 11.5. The van der Waals surface area contributed by atoms with Gasteiger partial charge in [0.15, 0.2) is 12.4 Å². The molecule has 4 aromatic rings. The first-order valence-electron chi connectivity index (χ1n) is 9.36. The van der Waals surface area contributed by atoms with Crippen molar-refractivity contribution in [1.29, 1.82) is 0 Å². The molecule has 2 aromatic heterocycles. The van der Waals surface area contributed by atoms with Crippen molar-refractivity contribution in [2.24, 2.45) is 5.10 Å². The van der Waals surface area contributed by atoms with Crippen LogP contribution in [-0.2, 0) is 4.79 Å². The maximum Gasteiger partial charge on any atom is 0.433 e. The number of hydrazone groups is 1. The van der Waals surface area contributed by atoms with Crippen LogP contribution in [0.3, 0.4) is 0 Å². The molecule has 1 amide bonds. The topological polar surface area (TPSA) is 111 Å². The number of thiazole rings is 1. The van der Waals surface area contributed by atoms with E-state index in [1.54, 1.807) is 12.1 Å². The first-order valence-corrected chi connectivity index (χ1v) is 10.9. The lowest BCUT2D eigenvalue weighted by Crippen LogP contribution is -2.30. The van der Waals surface area contributed by atoms with E-state index in [2.05, 4.69) is 10.1 Å². The Morgan fingerprint density at radius 3 is 2.82 bits per heavy atom. The second kappa shape index (κ2) is 9.57. The van der Waals surface area contributed by atoms with Gasteiger partial charge in [0, 0.05) is 5.02 Å². The molecule has 2 heterocycles. The lowest BCUT2D eigenvalue weighted by atomic mass is 10.2. The van der Waals surface area contributed by atoms with Gasteiger partial charge in [-0.25, -0.2) is 4.98 Å². The summed E-state index contributed by atoms with van der Waals surface area (Å²) in [5, 5.41) is 17.0. The highest BCUT2D eigenvalue weighted by Crippen LogP contribution is 2.31. The van der Waals surface area contributed by atoms with Gasteiger partial charge in [-0.2, -0.15) is 10.1 Å². The van der Waals surface area contributed by atoms with Crippen molar-refractivity contribution < 1.29 is 18.9 Å². The lowest BCUT2D eigenvalue weighted by molar-refractivity contribution is -0.402. The molecule has 168 valence electrons. The van der Waals surface area contributed by atoms with Crippen LogP contribution >= 0.6 is 34.5 Å². The molecule has 0 spiro atoms. The Morgan fingerprint density at radius 2 is 2.09 bits per heavy atom. The smallest absolute Gasteiger partial charge is 0.433 e. The van der Waals surface area contributed by atoms with Crippen LogP contribution in [0.1, 0.15) is 11.3 Å². The summed E-state index contributed by atoms with van der Waals surface area (Å²) in [5.74, 6) is -0.613. The molecule has 33 heavy (non-hydrogen) atoms. The average Bonchev–Trinajstić information content (AvgIpc) is 3.40. The zero-order valence-electron chi connectivity index (χ0n) is 16.9. The van der Waals surface area contributed by atoms with Crippen LogP contribution in [0.4, 0.5) is 11.0 Å². The van der Waals surface area contributed by atoms with Gasteiger partial charge in [0.1, 0.15) is 10.7 Å². The monoisotopic (exact) mass is 504 g/mol. The summed E-state index contributed by atoms with van der Waals surface area (Å²) in [5.41, 5.74) is 1.74. The number of carbonyl (C=O) groups excluding carboxylic acids is 1. The highest BCUT2D eigenvalue weighted by atomic mass is 35.5. The SMILES string of the molecule is Cc1ccc2nc(N(/N=C/c3ccc([N+](=O)[O-])o3)C(=O)COc3ccc(Cl)cc3Cl)sc2c1. The number of nitrogens with zero attached hydrogens (tertiary/aromatic N) is 4. The van der Waals surface area contributed by atoms with E-state index < -0.39 is 23.3 Å². The van der Waals surface area contributed by atoms with E-state index in [1.165, 1.54) is 35.8 Å². The Balaban J connectivity index is 1.62. The number of benzene rings is 2. The molecule has 0 saturated heterocycles. The highest BCUT2D eigenvalue weighted by Gasteiger charge is 2.21. The van der Waals surface area contributed by atoms with E-state index in [-0.39, 0.29) is 16.5 Å². The van der Waals surface area contributed by atoms with E-state index in [1.807, 2.05) is 25.1 Å². The molecule has 2 aromatic carbocycles. The number of carbonyl (C=O) groups is 1. The Labute approximate surface area is 201 Å². The second-order valence-corrected chi connectivity index (χ2v) is 8.57. The maximum absolute atomic E-state index is 13.0. The van der Waals surface area contributed by atoms with Crippen LogP contribution < -0.4 is 9.75 Å². The number of rotatable bonds is 7. The Hall–Kier alpha value is -3.47. The van der Waals surface area contributed by atoms with Crippen LogP contribution in [0.5, 0.6) is 5.75 Å². The largest absolute Gasteiger partial charge is 0.482 e. The third-order valence-electron chi connectivity index (χ3n) is 4.29. The summed E-state index contributed by atoms with van der Waals surface area (Å²) >= 11 is 13.3. The first kappa shape index (κ1) is 22.7. The number of halogens is 2. The fraction of sp³-hybridized carbons (Fsp3) is 0.0952. The molecule has 0 aliphatic rings. The van der Waals surface area contributed by atoms with Crippen LogP contribution in [0, 0.1) is 17.0 Å². The number of aromatic nitrogens is 1. The van der Waals surface area contributed by atoms with Crippen molar-refractivity contribution in [3.8, 4) is 5.75 Å². The summed E-state index contributed by atoms with van der Waals surface area (Å²) in [7, 11) is 0. The third kappa shape index (κ3) is 5.30. The summed E-state index contributed by atoms with van der Waals surface area (Å²) in [6.07, 6.45) is 1.19. The molecule has 0 unspecified atom stereocenters. The molecule has 0 aliphatic carbocycles. The van der Waals surface area contributed by atoms with Gasteiger partial charge in [-0.1, -0.05) is 40.6 Å². The number of anilines is 1. The van der Waals surface area contributed by atoms with Crippen molar-refractivity contribution in [3.63, 3.8) is 0 Å². The molecule has 0 fully saturated rings. The van der Waals surface area contributed by atoms with Gasteiger partial charge in [-0.15, -0.1) is 0 Å². The first-order chi connectivity index (χ1) is 15.8. The lowest BCUT2D eigenvalue weighted by Gasteiger charge is -2.14. The number of fused-ring (bicyclic) bond motifs is 1. The maximum atomic E-state index is 13.0.